The van der Waals surface area contributed by atoms with Crippen molar-refractivity contribution in [3.63, 3.8) is 0 Å². The highest BCUT2D eigenvalue weighted by Gasteiger charge is 2.19. The SMILES string of the molecule is CNc1cccc(OCCOC)c1[N+](=O)[O-]. The number of para-hydroxylation sites is 1. The van der Waals surface area contributed by atoms with E-state index in [1.807, 2.05) is 0 Å². The van der Waals surface area contributed by atoms with E-state index >= 15 is 0 Å². The molecule has 1 rings (SSSR count). The lowest BCUT2D eigenvalue weighted by molar-refractivity contribution is -0.385. The minimum absolute atomic E-state index is 0.0545. The third-order valence-corrected chi connectivity index (χ3v) is 2.00. The van der Waals surface area contributed by atoms with E-state index in [9.17, 15) is 10.1 Å². The fourth-order valence-electron chi connectivity index (χ4n) is 1.26. The first-order chi connectivity index (χ1) is 7.70. The first-order valence-electron chi connectivity index (χ1n) is 4.77. The van der Waals surface area contributed by atoms with Crippen LogP contribution >= 0.6 is 0 Å². The third kappa shape index (κ3) is 2.83. The summed E-state index contributed by atoms with van der Waals surface area (Å²) < 4.78 is 10.1. The Labute approximate surface area is 93.3 Å². The largest absolute Gasteiger partial charge is 0.484 e. The summed E-state index contributed by atoms with van der Waals surface area (Å²) in [6.07, 6.45) is 0. The van der Waals surface area contributed by atoms with Gasteiger partial charge in [0.2, 0.25) is 0 Å². The van der Waals surface area contributed by atoms with Crippen LogP contribution in [0.15, 0.2) is 18.2 Å². The average molecular weight is 226 g/mol. The van der Waals surface area contributed by atoms with E-state index in [4.69, 9.17) is 9.47 Å². The molecule has 1 aromatic rings. The molecule has 1 aromatic carbocycles. The summed E-state index contributed by atoms with van der Waals surface area (Å²) in [4.78, 5) is 10.4. The van der Waals surface area contributed by atoms with Crippen molar-refractivity contribution in [2.24, 2.45) is 0 Å². The van der Waals surface area contributed by atoms with Crippen LogP contribution in [0.25, 0.3) is 0 Å². The van der Waals surface area contributed by atoms with Gasteiger partial charge in [0.05, 0.1) is 11.5 Å². The Morgan fingerprint density at radius 3 is 2.75 bits per heavy atom. The molecule has 0 aliphatic rings. The highest BCUT2D eigenvalue weighted by atomic mass is 16.6. The van der Waals surface area contributed by atoms with Gasteiger partial charge < -0.3 is 14.8 Å². The lowest BCUT2D eigenvalue weighted by Crippen LogP contribution is -2.07. The van der Waals surface area contributed by atoms with Gasteiger partial charge in [-0.3, -0.25) is 10.1 Å². The first kappa shape index (κ1) is 12.3. The number of hydrogen-bond donors (Lipinski definition) is 1. The topological polar surface area (TPSA) is 73.6 Å². The van der Waals surface area contributed by atoms with Crippen LogP contribution in [0.4, 0.5) is 11.4 Å². The molecule has 0 heterocycles. The minimum atomic E-state index is -0.464. The lowest BCUT2D eigenvalue weighted by atomic mass is 10.2. The summed E-state index contributed by atoms with van der Waals surface area (Å²) in [7, 11) is 3.17. The quantitative estimate of drug-likeness (QED) is 0.453. The van der Waals surface area contributed by atoms with Crippen LogP contribution in [-0.4, -0.2) is 32.3 Å². The highest BCUT2D eigenvalue weighted by molar-refractivity contribution is 5.68. The van der Waals surface area contributed by atoms with Gasteiger partial charge in [0.15, 0.2) is 5.75 Å². The first-order valence-corrected chi connectivity index (χ1v) is 4.77. The number of hydrogen-bond acceptors (Lipinski definition) is 5. The van der Waals surface area contributed by atoms with E-state index in [1.165, 1.54) is 0 Å². The molecule has 1 N–H and O–H groups in total. The zero-order valence-electron chi connectivity index (χ0n) is 9.23. The maximum Gasteiger partial charge on any atom is 0.333 e. The van der Waals surface area contributed by atoms with Gasteiger partial charge in [-0.2, -0.15) is 0 Å². The summed E-state index contributed by atoms with van der Waals surface area (Å²) in [5.41, 5.74) is 0.376. The molecule has 88 valence electrons. The van der Waals surface area contributed by atoms with E-state index < -0.39 is 4.92 Å². The fraction of sp³-hybridized carbons (Fsp3) is 0.400. The number of ether oxygens (including phenoxy) is 2. The van der Waals surface area contributed by atoms with Crippen LogP contribution < -0.4 is 10.1 Å². The number of nitrogens with one attached hydrogen (secondary N) is 1. The average Bonchev–Trinajstić information content (AvgIpc) is 2.28. The molecule has 0 atom stereocenters. The minimum Gasteiger partial charge on any atom is -0.484 e. The summed E-state index contributed by atoms with van der Waals surface area (Å²) in [5.74, 6) is 0.244. The van der Waals surface area contributed by atoms with Crippen molar-refractivity contribution < 1.29 is 14.4 Å². The van der Waals surface area contributed by atoms with Crippen LogP contribution in [0.1, 0.15) is 0 Å². The van der Waals surface area contributed by atoms with Gasteiger partial charge in [0.1, 0.15) is 12.3 Å². The summed E-state index contributed by atoms with van der Waals surface area (Å²) in [6.45, 7) is 0.672. The Morgan fingerprint density at radius 2 is 2.19 bits per heavy atom. The molecule has 0 spiro atoms. The molecule has 0 bridgehead atoms. The Bertz CT molecular complexity index is 368. The predicted octanol–water partition coefficient (Wildman–Crippen LogP) is 1.66. The van der Waals surface area contributed by atoms with Crippen LogP contribution in [0.5, 0.6) is 5.75 Å². The molecule has 0 amide bonds. The summed E-state index contributed by atoms with van der Waals surface area (Å²) in [5, 5.41) is 13.6. The smallest absolute Gasteiger partial charge is 0.333 e. The standard InChI is InChI=1S/C10H14N2O4/c1-11-8-4-3-5-9(10(8)12(13)14)16-7-6-15-2/h3-5,11H,6-7H2,1-2H3. The molecular weight excluding hydrogens is 212 g/mol. The maximum absolute atomic E-state index is 10.9. The van der Waals surface area contributed by atoms with E-state index in [-0.39, 0.29) is 18.0 Å². The zero-order chi connectivity index (χ0) is 12.0. The molecule has 0 unspecified atom stereocenters. The fourth-order valence-corrected chi connectivity index (χ4v) is 1.26. The molecule has 6 heteroatoms. The number of anilines is 1. The van der Waals surface area contributed by atoms with Gasteiger partial charge in [0, 0.05) is 14.2 Å². The Hall–Kier alpha value is -1.82. The van der Waals surface area contributed by atoms with Gasteiger partial charge in [-0.15, -0.1) is 0 Å². The lowest BCUT2D eigenvalue weighted by Gasteiger charge is -2.08. The molecule has 16 heavy (non-hydrogen) atoms. The number of nitro groups is 1. The van der Waals surface area contributed by atoms with E-state index in [2.05, 4.69) is 5.32 Å². The second kappa shape index (κ2) is 5.92. The van der Waals surface area contributed by atoms with Crippen molar-refractivity contribution in [1.82, 2.24) is 0 Å². The number of methoxy groups -OCH3 is 1. The Balaban J connectivity index is 2.93. The van der Waals surface area contributed by atoms with Crippen LogP contribution in [0.3, 0.4) is 0 Å². The third-order valence-electron chi connectivity index (χ3n) is 2.00. The predicted molar refractivity (Wildman–Crippen MR) is 60.0 cm³/mol. The Kier molecular flexibility index (Phi) is 4.53. The van der Waals surface area contributed by atoms with Crippen LogP contribution in [0, 0.1) is 10.1 Å². The van der Waals surface area contributed by atoms with Crippen molar-refractivity contribution >= 4 is 11.4 Å². The number of nitrogens with zero attached hydrogens (tertiary/aromatic N) is 1. The highest BCUT2D eigenvalue weighted by Crippen LogP contribution is 2.34. The van der Waals surface area contributed by atoms with Crippen molar-refractivity contribution in [2.75, 3.05) is 32.7 Å². The molecule has 0 aliphatic carbocycles. The second-order valence-electron chi connectivity index (χ2n) is 3.00. The molecule has 0 saturated carbocycles. The van der Waals surface area contributed by atoms with Crippen molar-refractivity contribution in [2.45, 2.75) is 0 Å². The van der Waals surface area contributed by atoms with Crippen LogP contribution in [0.2, 0.25) is 0 Å². The van der Waals surface area contributed by atoms with Gasteiger partial charge in [-0.25, -0.2) is 0 Å². The zero-order valence-corrected chi connectivity index (χ0v) is 9.23. The molecule has 6 nitrogen and oxygen atoms in total. The van der Waals surface area contributed by atoms with E-state index in [0.29, 0.717) is 12.3 Å². The molecule has 0 fully saturated rings. The van der Waals surface area contributed by atoms with Gasteiger partial charge in [-0.1, -0.05) is 6.07 Å². The van der Waals surface area contributed by atoms with Crippen molar-refractivity contribution in [3.8, 4) is 5.75 Å². The Morgan fingerprint density at radius 1 is 1.44 bits per heavy atom. The van der Waals surface area contributed by atoms with Gasteiger partial charge in [-0.05, 0) is 12.1 Å². The second-order valence-corrected chi connectivity index (χ2v) is 3.00. The summed E-state index contributed by atoms with van der Waals surface area (Å²) in [6, 6.07) is 4.89. The van der Waals surface area contributed by atoms with Crippen molar-refractivity contribution in [1.29, 1.82) is 0 Å². The molecule has 0 saturated heterocycles. The normalized spacial score (nSPS) is 9.88. The molecular formula is C10H14N2O4. The number of nitro benzene ring substituents is 1. The van der Waals surface area contributed by atoms with Crippen molar-refractivity contribution in [3.05, 3.63) is 28.3 Å². The monoisotopic (exact) mass is 226 g/mol. The molecule has 0 aliphatic heterocycles. The van der Waals surface area contributed by atoms with Gasteiger partial charge in [0.25, 0.3) is 0 Å². The maximum atomic E-state index is 10.9. The number of rotatable bonds is 6. The number of benzene rings is 1. The summed E-state index contributed by atoms with van der Waals surface area (Å²) >= 11 is 0. The van der Waals surface area contributed by atoms with Crippen LogP contribution in [-0.2, 0) is 4.74 Å². The van der Waals surface area contributed by atoms with E-state index in [1.54, 1.807) is 32.4 Å². The van der Waals surface area contributed by atoms with E-state index in [0.717, 1.165) is 0 Å². The van der Waals surface area contributed by atoms with Gasteiger partial charge >= 0.3 is 5.69 Å². The molecule has 0 aromatic heterocycles. The molecule has 0 radical (unpaired) electrons.